The van der Waals surface area contributed by atoms with Crippen molar-refractivity contribution in [2.75, 3.05) is 13.1 Å². The molecule has 1 saturated heterocycles. The van der Waals surface area contributed by atoms with Crippen LogP contribution in [0.15, 0.2) is 18.6 Å². The normalized spacial score (nSPS) is 24.0. The Morgan fingerprint density at radius 3 is 2.67 bits per heavy atom. The van der Waals surface area contributed by atoms with Crippen LogP contribution in [0.2, 0.25) is 0 Å². The van der Waals surface area contributed by atoms with Crippen LogP contribution < -0.4 is 5.32 Å². The van der Waals surface area contributed by atoms with Gasteiger partial charge in [0.05, 0.1) is 5.69 Å². The van der Waals surface area contributed by atoms with Gasteiger partial charge in [0, 0.05) is 22.0 Å². The van der Waals surface area contributed by atoms with Crippen LogP contribution in [0.5, 0.6) is 0 Å². The number of aromatic amines is 1. The summed E-state index contributed by atoms with van der Waals surface area (Å²) in [5, 5.41) is 9.43. The zero-order valence-corrected chi connectivity index (χ0v) is 18.9. The highest BCUT2D eigenvalue weighted by atomic mass is 32.1. The molecule has 1 saturated carbocycles. The summed E-state index contributed by atoms with van der Waals surface area (Å²) in [4.78, 5) is 11.2. The standard InChI is InChI=1S/C24H29N5S/c1-12(2)19-20-14(4)22(15-6-16-8-25-9-17(16)7-15)30-24(20)28-21(19)18-5-13(3)23-26-11-27-29(23)10-18/h5,10-12,15-17,25,28H,6-9H2,1-4H3/t15-,16-,17+. The summed E-state index contributed by atoms with van der Waals surface area (Å²) in [5.41, 5.74) is 7.48. The van der Waals surface area contributed by atoms with Crippen LogP contribution in [-0.2, 0) is 0 Å². The monoisotopic (exact) mass is 419 g/mol. The number of nitrogens with one attached hydrogen (secondary N) is 2. The van der Waals surface area contributed by atoms with Crippen molar-refractivity contribution in [2.45, 2.75) is 52.4 Å². The molecule has 5 nitrogen and oxygen atoms in total. The lowest BCUT2D eigenvalue weighted by molar-refractivity contribution is 0.494. The van der Waals surface area contributed by atoms with E-state index in [9.17, 15) is 0 Å². The van der Waals surface area contributed by atoms with Crippen molar-refractivity contribution in [3.8, 4) is 11.3 Å². The van der Waals surface area contributed by atoms with Crippen LogP contribution in [0.25, 0.3) is 27.1 Å². The second kappa shape index (κ2) is 6.66. The lowest BCUT2D eigenvalue weighted by Gasteiger charge is -2.13. The molecule has 4 aromatic rings. The third-order valence-electron chi connectivity index (χ3n) is 7.41. The topological polar surface area (TPSA) is 58.0 Å². The third-order valence-corrected chi connectivity index (χ3v) is 8.78. The number of fused-ring (bicyclic) bond motifs is 3. The van der Waals surface area contributed by atoms with Crippen molar-refractivity contribution in [3.05, 3.63) is 40.2 Å². The number of thiophene rings is 1. The maximum absolute atomic E-state index is 4.38. The minimum atomic E-state index is 0.453. The first-order valence-electron chi connectivity index (χ1n) is 11.2. The predicted molar refractivity (Wildman–Crippen MR) is 124 cm³/mol. The van der Waals surface area contributed by atoms with E-state index in [4.69, 9.17) is 0 Å². The van der Waals surface area contributed by atoms with Crippen molar-refractivity contribution in [2.24, 2.45) is 11.8 Å². The van der Waals surface area contributed by atoms with E-state index in [-0.39, 0.29) is 0 Å². The molecule has 0 radical (unpaired) electrons. The third kappa shape index (κ3) is 2.63. The van der Waals surface area contributed by atoms with Gasteiger partial charge < -0.3 is 10.3 Å². The summed E-state index contributed by atoms with van der Waals surface area (Å²) < 4.78 is 1.90. The molecule has 6 rings (SSSR count). The molecule has 156 valence electrons. The molecule has 0 aromatic carbocycles. The van der Waals surface area contributed by atoms with Gasteiger partial charge in [-0.05, 0) is 86.2 Å². The van der Waals surface area contributed by atoms with E-state index in [0.29, 0.717) is 5.92 Å². The molecule has 2 fully saturated rings. The quantitative estimate of drug-likeness (QED) is 0.468. The van der Waals surface area contributed by atoms with E-state index in [1.54, 1.807) is 11.2 Å². The van der Waals surface area contributed by atoms with E-state index >= 15 is 0 Å². The summed E-state index contributed by atoms with van der Waals surface area (Å²) in [6.45, 7) is 11.5. The van der Waals surface area contributed by atoms with Crippen LogP contribution in [0.1, 0.15) is 60.1 Å². The molecule has 0 spiro atoms. The van der Waals surface area contributed by atoms with Gasteiger partial charge in [0.25, 0.3) is 0 Å². The fourth-order valence-corrected chi connectivity index (χ4v) is 7.41. The molecular weight excluding hydrogens is 390 g/mol. The number of nitrogens with zero attached hydrogens (tertiary/aromatic N) is 3. The molecule has 0 amide bonds. The van der Waals surface area contributed by atoms with Crippen LogP contribution in [-0.4, -0.2) is 32.7 Å². The Kier molecular flexibility index (Phi) is 4.12. The average Bonchev–Trinajstić information content (AvgIpc) is 3.47. The summed E-state index contributed by atoms with van der Waals surface area (Å²) in [6.07, 6.45) is 6.45. The highest BCUT2D eigenvalue weighted by Crippen LogP contribution is 2.50. The Hall–Kier alpha value is -2.18. The maximum atomic E-state index is 4.38. The summed E-state index contributed by atoms with van der Waals surface area (Å²) >= 11 is 2.01. The van der Waals surface area contributed by atoms with Crippen molar-refractivity contribution < 1.29 is 0 Å². The first-order chi connectivity index (χ1) is 14.5. The minimum absolute atomic E-state index is 0.453. The highest BCUT2D eigenvalue weighted by molar-refractivity contribution is 7.19. The van der Waals surface area contributed by atoms with E-state index in [1.807, 2.05) is 15.9 Å². The molecule has 6 heteroatoms. The van der Waals surface area contributed by atoms with E-state index in [1.165, 1.54) is 58.5 Å². The zero-order chi connectivity index (χ0) is 20.6. The average molecular weight is 420 g/mol. The van der Waals surface area contributed by atoms with Crippen molar-refractivity contribution in [1.82, 2.24) is 24.9 Å². The number of rotatable bonds is 3. The fraction of sp³-hybridized carbons (Fsp3) is 0.500. The second-order valence-electron chi connectivity index (χ2n) is 9.65. The Morgan fingerprint density at radius 2 is 1.93 bits per heavy atom. The molecule has 5 heterocycles. The van der Waals surface area contributed by atoms with E-state index in [0.717, 1.165) is 29.0 Å². The van der Waals surface area contributed by atoms with Gasteiger partial charge in [0.15, 0.2) is 5.65 Å². The lowest BCUT2D eigenvalue weighted by Crippen LogP contribution is -2.11. The number of hydrogen-bond acceptors (Lipinski definition) is 4. The number of H-pyrrole nitrogens is 1. The van der Waals surface area contributed by atoms with Crippen LogP contribution in [0, 0.1) is 25.7 Å². The van der Waals surface area contributed by atoms with Gasteiger partial charge in [-0.1, -0.05) is 13.8 Å². The molecule has 0 unspecified atom stereocenters. The zero-order valence-electron chi connectivity index (χ0n) is 18.1. The molecule has 4 aromatic heterocycles. The van der Waals surface area contributed by atoms with Crippen molar-refractivity contribution in [3.63, 3.8) is 0 Å². The van der Waals surface area contributed by atoms with Crippen molar-refractivity contribution in [1.29, 1.82) is 0 Å². The van der Waals surface area contributed by atoms with E-state index < -0.39 is 0 Å². The SMILES string of the molecule is Cc1c([C@H]2C[C@H]3CNC[C@H]3C2)sc2[nH]c(-c3cc(C)c4ncnn4c3)c(C(C)C)c12. The van der Waals surface area contributed by atoms with Gasteiger partial charge >= 0.3 is 0 Å². The molecule has 2 aliphatic rings. The Balaban J connectivity index is 1.48. The second-order valence-corrected chi connectivity index (χ2v) is 10.7. The maximum Gasteiger partial charge on any atom is 0.158 e. The lowest BCUT2D eigenvalue weighted by atomic mass is 9.93. The van der Waals surface area contributed by atoms with Gasteiger partial charge in [0.2, 0.25) is 0 Å². The Morgan fingerprint density at radius 1 is 1.17 bits per heavy atom. The number of hydrogen-bond donors (Lipinski definition) is 2. The molecule has 1 aliphatic heterocycles. The summed E-state index contributed by atoms with van der Waals surface area (Å²) in [5.74, 6) is 2.96. The Labute approximate surface area is 180 Å². The first-order valence-corrected chi connectivity index (χ1v) is 12.0. The van der Waals surface area contributed by atoms with Gasteiger partial charge in [-0.25, -0.2) is 9.50 Å². The van der Waals surface area contributed by atoms with Gasteiger partial charge in [-0.15, -0.1) is 11.3 Å². The first kappa shape index (κ1) is 18.6. The molecule has 2 N–H and O–H groups in total. The van der Waals surface area contributed by atoms with Gasteiger partial charge in [-0.3, -0.25) is 0 Å². The summed E-state index contributed by atoms with van der Waals surface area (Å²) in [7, 11) is 0. The smallest absolute Gasteiger partial charge is 0.158 e. The van der Waals surface area contributed by atoms with Crippen LogP contribution in [0.4, 0.5) is 0 Å². The number of aryl methyl sites for hydroxylation is 2. The van der Waals surface area contributed by atoms with Crippen LogP contribution >= 0.6 is 11.3 Å². The molecule has 0 bridgehead atoms. The molecule has 3 atom stereocenters. The van der Waals surface area contributed by atoms with E-state index in [2.05, 4.69) is 60.3 Å². The highest BCUT2D eigenvalue weighted by Gasteiger charge is 2.39. The van der Waals surface area contributed by atoms with Crippen molar-refractivity contribution >= 4 is 27.2 Å². The predicted octanol–water partition coefficient (Wildman–Crippen LogP) is 5.39. The fourth-order valence-electron chi connectivity index (χ4n) is 6.05. The Bertz CT molecular complexity index is 1250. The number of aromatic nitrogens is 4. The minimum Gasteiger partial charge on any atom is -0.346 e. The summed E-state index contributed by atoms with van der Waals surface area (Å²) in [6, 6.07) is 2.24. The number of pyridine rings is 1. The molecule has 1 aliphatic carbocycles. The molecular formula is C24H29N5S. The van der Waals surface area contributed by atoms with Crippen LogP contribution in [0.3, 0.4) is 0 Å². The molecule has 30 heavy (non-hydrogen) atoms. The largest absolute Gasteiger partial charge is 0.346 e. The van der Waals surface area contributed by atoms with Gasteiger partial charge in [0.1, 0.15) is 11.2 Å². The van der Waals surface area contributed by atoms with Gasteiger partial charge in [-0.2, -0.15) is 5.10 Å².